The number of sulfonamides is 2. The number of ether oxygens (including phenoxy) is 2. The van der Waals surface area contributed by atoms with Crippen LogP contribution >= 0.6 is 0 Å². The number of hydrogen-bond donors (Lipinski definition) is 3. The van der Waals surface area contributed by atoms with Crippen molar-refractivity contribution in [1.82, 2.24) is 9.44 Å². The van der Waals surface area contributed by atoms with Crippen molar-refractivity contribution >= 4 is 31.9 Å². The van der Waals surface area contributed by atoms with E-state index in [0.717, 1.165) is 38.5 Å². The zero-order valence-electron chi connectivity index (χ0n) is 21.1. The molecule has 3 N–H and O–H groups in total. The fourth-order valence-corrected chi connectivity index (χ4v) is 6.14. The molecule has 0 saturated heterocycles. The molecule has 0 saturated carbocycles. The fourth-order valence-electron chi connectivity index (χ4n) is 3.77. The van der Waals surface area contributed by atoms with Gasteiger partial charge in [-0.15, -0.1) is 0 Å². The highest BCUT2D eigenvalue weighted by Crippen LogP contribution is 2.28. The van der Waals surface area contributed by atoms with Gasteiger partial charge in [0.15, 0.2) is 0 Å². The number of hydrogen-bond acceptors (Lipinski definition) is 9. The molecule has 2 aliphatic heterocycles. The predicted octanol–water partition coefficient (Wildman–Crippen LogP) is 4.01. The molecule has 0 radical (unpaired) electrons. The molecule has 0 aliphatic carbocycles. The van der Waals surface area contributed by atoms with Crippen molar-refractivity contribution in [2.45, 2.75) is 76.5 Å². The molecule has 0 fully saturated rings. The van der Waals surface area contributed by atoms with Crippen LogP contribution in [-0.4, -0.2) is 53.6 Å². The van der Waals surface area contributed by atoms with Crippen LogP contribution in [0, 0.1) is 0 Å². The van der Waals surface area contributed by atoms with Gasteiger partial charge >= 0.3 is 0 Å². The van der Waals surface area contributed by atoms with E-state index in [1.165, 1.54) is 30.7 Å². The molecule has 2 heterocycles. The van der Waals surface area contributed by atoms with Gasteiger partial charge in [-0.25, -0.2) is 26.3 Å². The van der Waals surface area contributed by atoms with E-state index >= 15 is 0 Å². The van der Waals surface area contributed by atoms with Gasteiger partial charge in [0.2, 0.25) is 0 Å². The first kappa shape index (κ1) is 34.9. The van der Waals surface area contributed by atoms with Gasteiger partial charge in [0.05, 0.1) is 24.3 Å². The number of aliphatic hydroxyl groups is 1. The maximum absolute atomic E-state index is 11.6. The monoisotopic (exact) mass is 600 g/mol. The van der Waals surface area contributed by atoms with E-state index in [4.69, 9.17) is 14.6 Å². The maximum atomic E-state index is 11.6. The van der Waals surface area contributed by atoms with Crippen molar-refractivity contribution in [3.05, 3.63) is 47.5 Å². The van der Waals surface area contributed by atoms with Gasteiger partial charge in [0.25, 0.3) is 31.9 Å². The summed E-state index contributed by atoms with van der Waals surface area (Å²) in [5, 5.41) is 8.62. The molecule has 11 nitrogen and oxygen atoms in total. The molecule has 2 aromatic carbocycles. The van der Waals surface area contributed by atoms with Crippen LogP contribution in [0.5, 0.6) is 11.5 Å². The molecular formula is C27H40N2O9S2. The summed E-state index contributed by atoms with van der Waals surface area (Å²) in [5.41, 5.74) is 0.325. The Morgan fingerprint density at radius 3 is 1.50 bits per heavy atom. The molecule has 0 unspecified atom stereocenters. The molecule has 0 atom stereocenters. The van der Waals surface area contributed by atoms with Crippen molar-refractivity contribution in [1.29, 1.82) is 0 Å². The van der Waals surface area contributed by atoms with Gasteiger partial charge in [0, 0.05) is 18.7 Å². The summed E-state index contributed by atoms with van der Waals surface area (Å²) in [4.78, 5) is 22.7. The molecule has 224 valence electrons. The quantitative estimate of drug-likeness (QED) is 0.305. The lowest BCUT2D eigenvalue weighted by Gasteiger charge is -2.06. The molecule has 2 aliphatic rings. The summed E-state index contributed by atoms with van der Waals surface area (Å²) in [6, 6.07) is 8.89. The minimum atomic E-state index is -3.73. The highest BCUT2D eigenvalue weighted by Gasteiger charge is 2.33. The Morgan fingerprint density at radius 1 is 0.675 bits per heavy atom. The normalized spacial score (nSPS) is 15.2. The van der Waals surface area contributed by atoms with Crippen molar-refractivity contribution in [2.75, 3.05) is 19.8 Å². The summed E-state index contributed by atoms with van der Waals surface area (Å²) in [7, 11) is -7.43. The first-order chi connectivity index (χ1) is 18.1. The first-order valence-electron chi connectivity index (χ1n) is 12.4. The van der Waals surface area contributed by atoms with Crippen molar-refractivity contribution in [3.8, 4) is 11.5 Å². The number of carbonyl (C=O) groups excluding carboxylic acids is 2. The Kier molecular flexibility index (Phi) is 13.6. The van der Waals surface area contributed by atoms with Crippen LogP contribution < -0.4 is 18.9 Å². The number of rotatable bonds is 12. The minimum absolute atomic E-state index is 0. The van der Waals surface area contributed by atoms with Gasteiger partial charge < -0.3 is 14.6 Å². The third-order valence-electron chi connectivity index (χ3n) is 5.77. The predicted molar refractivity (Wildman–Crippen MR) is 152 cm³/mol. The summed E-state index contributed by atoms with van der Waals surface area (Å²) in [5.74, 6) is -0.285. The molecule has 40 heavy (non-hydrogen) atoms. The van der Waals surface area contributed by atoms with Gasteiger partial charge in [0.1, 0.15) is 21.3 Å². The van der Waals surface area contributed by atoms with E-state index in [2.05, 4.69) is 6.92 Å². The van der Waals surface area contributed by atoms with Crippen LogP contribution in [0.15, 0.2) is 46.2 Å². The average molecular weight is 601 g/mol. The Labute approximate surface area is 237 Å². The van der Waals surface area contributed by atoms with Crippen molar-refractivity contribution < 1.29 is 41.0 Å². The van der Waals surface area contributed by atoms with E-state index in [0.29, 0.717) is 24.7 Å². The second-order valence-electron chi connectivity index (χ2n) is 8.73. The van der Waals surface area contributed by atoms with E-state index in [-0.39, 0.29) is 42.4 Å². The standard InChI is InChI=1S/C13H17NO4S.C12H15NO5S.2CH4/c1-2-3-4-5-8-18-10-6-7-11-12(9-10)19(16,17)14-13(11)15;14-6-2-1-3-7-18-9-4-5-10-11(8-9)19(16,17)13-12(10)15;;/h6-7,9H,2-5,8H2,1H3,(H,14,15);4-5,8,14H,1-3,6-7H2,(H,13,15);2*1H4. The minimum Gasteiger partial charge on any atom is -0.494 e. The number of aliphatic hydroxyl groups excluding tert-OH is 1. The molecule has 4 rings (SSSR count). The second kappa shape index (κ2) is 15.6. The molecule has 13 heteroatoms. The molecule has 0 bridgehead atoms. The number of fused-ring (bicyclic) bond motifs is 2. The van der Waals surface area contributed by atoms with Crippen LogP contribution in [0.1, 0.15) is 87.4 Å². The van der Waals surface area contributed by atoms with Crippen LogP contribution in [0.4, 0.5) is 0 Å². The molecule has 2 aromatic rings. The number of benzene rings is 2. The average Bonchev–Trinajstić information content (AvgIpc) is 3.25. The largest absolute Gasteiger partial charge is 0.494 e. The molecular weight excluding hydrogens is 560 g/mol. The van der Waals surface area contributed by atoms with Gasteiger partial charge in [-0.3, -0.25) is 9.59 Å². The van der Waals surface area contributed by atoms with Crippen LogP contribution in [0.25, 0.3) is 0 Å². The lowest BCUT2D eigenvalue weighted by molar-refractivity contribution is 0.0976. The third-order valence-corrected chi connectivity index (χ3v) is 8.51. The van der Waals surface area contributed by atoms with E-state index in [9.17, 15) is 26.4 Å². The number of nitrogens with one attached hydrogen (secondary N) is 2. The van der Waals surface area contributed by atoms with Crippen LogP contribution in [0.2, 0.25) is 0 Å². The summed E-state index contributed by atoms with van der Waals surface area (Å²) >= 11 is 0. The second-order valence-corrected chi connectivity index (χ2v) is 12.0. The highest BCUT2D eigenvalue weighted by atomic mass is 32.2. The number of carbonyl (C=O) groups is 2. The van der Waals surface area contributed by atoms with Crippen LogP contribution in [0.3, 0.4) is 0 Å². The molecule has 2 amide bonds. The number of unbranched alkanes of at least 4 members (excludes halogenated alkanes) is 5. The fraction of sp³-hybridized carbons (Fsp3) is 0.481. The van der Waals surface area contributed by atoms with Gasteiger partial charge in [-0.2, -0.15) is 0 Å². The zero-order chi connectivity index (χ0) is 27.8. The van der Waals surface area contributed by atoms with E-state index < -0.39 is 31.9 Å². The van der Waals surface area contributed by atoms with E-state index in [1.54, 1.807) is 12.1 Å². The van der Waals surface area contributed by atoms with Gasteiger partial charge in [-0.1, -0.05) is 41.0 Å². The number of amides is 2. The topological polar surface area (TPSA) is 165 Å². The lowest BCUT2D eigenvalue weighted by atomic mass is 10.2. The summed E-state index contributed by atoms with van der Waals surface area (Å²) < 4.78 is 61.3. The Hall–Kier alpha value is -3.16. The highest BCUT2D eigenvalue weighted by molar-refractivity contribution is 7.91. The van der Waals surface area contributed by atoms with Crippen molar-refractivity contribution in [3.63, 3.8) is 0 Å². The molecule has 0 aromatic heterocycles. The van der Waals surface area contributed by atoms with Crippen LogP contribution in [-0.2, 0) is 20.0 Å². The lowest BCUT2D eigenvalue weighted by Crippen LogP contribution is -2.20. The zero-order valence-corrected chi connectivity index (χ0v) is 22.7. The Bertz CT molecular complexity index is 1270. The Balaban J connectivity index is 0.000000381. The smallest absolute Gasteiger partial charge is 0.266 e. The maximum Gasteiger partial charge on any atom is 0.266 e. The SMILES string of the molecule is C.C.CCCCCCOc1ccc2c(c1)S(=O)(=O)NC2=O.O=C1NS(=O)(=O)c2cc(OCCCCCO)ccc21. The van der Waals surface area contributed by atoms with E-state index in [1.807, 2.05) is 9.44 Å². The molecule has 0 spiro atoms. The summed E-state index contributed by atoms with van der Waals surface area (Å²) in [6.45, 7) is 3.29. The summed E-state index contributed by atoms with van der Waals surface area (Å²) in [6.07, 6.45) is 6.71. The van der Waals surface area contributed by atoms with Gasteiger partial charge in [-0.05, 0) is 49.9 Å². The Morgan fingerprint density at radius 2 is 1.10 bits per heavy atom. The third kappa shape index (κ3) is 8.93. The van der Waals surface area contributed by atoms with Crippen molar-refractivity contribution in [2.24, 2.45) is 0 Å². The first-order valence-corrected chi connectivity index (χ1v) is 15.3.